The van der Waals surface area contributed by atoms with Crippen molar-refractivity contribution in [3.05, 3.63) is 42.6 Å². The van der Waals surface area contributed by atoms with Crippen molar-refractivity contribution in [2.24, 2.45) is 0 Å². The Morgan fingerprint density at radius 1 is 1.14 bits per heavy atom. The van der Waals surface area contributed by atoms with E-state index in [0.717, 1.165) is 0 Å². The van der Waals surface area contributed by atoms with Gasteiger partial charge in [-0.1, -0.05) is 18.2 Å². The van der Waals surface area contributed by atoms with E-state index in [1.165, 1.54) is 18.6 Å². The van der Waals surface area contributed by atoms with Crippen LogP contribution in [0.1, 0.15) is 0 Å². The van der Waals surface area contributed by atoms with Crippen molar-refractivity contribution >= 4 is 5.82 Å². The van der Waals surface area contributed by atoms with Crippen molar-refractivity contribution in [1.29, 1.82) is 0 Å². The van der Waals surface area contributed by atoms with Gasteiger partial charge in [0.05, 0.1) is 0 Å². The second-order valence-electron chi connectivity index (χ2n) is 2.80. The van der Waals surface area contributed by atoms with Gasteiger partial charge in [-0.25, -0.2) is 14.4 Å². The third-order valence-electron chi connectivity index (χ3n) is 1.91. The highest BCUT2D eigenvalue weighted by Crippen LogP contribution is 2.24. The summed E-state index contributed by atoms with van der Waals surface area (Å²) in [5.41, 5.74) is 6.54. The molecule has 0 saturated heterocycles. The van der Waals surface area contributed by atoms with Gasteiger partial charge in [0, 0.05) is 17.3 Å². The Morgan fingerprint density at radius 3 is 2.64 bits per heavy atom. The average Bonchev–Trinajstić information content (AvgIpc) is 2.20. The third-order valence-corrected chi connectivity index (χ3v) is 1.91. The van der Waals surface area contributed by atoms with Gasteiger partial charge in [0.15, 0.2) is 0 Å². The van der Waals surface area contributed by atoms with E-state index >= 15 is 0 Å². The Morgan fingerprint density at radius 2 is 1.93 bits per heavy atom. The van der Waals surface area contributed by atoms with Crippen molar-refractivity contribution in [1.82, 2.24) is 9.97 Å². The monoisotopic (exact) mass is 189 g/mol. The molecule has 3 nitrogen and oxygen atoms in total. The first kappa shape index (κ1) is 8.62. The number of anilines is 1. The van der Waals surface area contributed by atoms with E-state index in [-0.39, 0.29) is 11.6 Å². The van der Waals surface area contributed by atoms with Crippen LogP contribution >= 0.6 is 0 Å². The molecule has 0 spiro atoms. The lowest BCUT2D eigenvalue weighted by Crippen LogP contribution is -1.95. The van der Waals surface area contributed by atoms with Crippen LogP contribution in [-0.4, -0.2) is 9.97 Å². The van der Waals surface area contributed by atoms with Crippen molar-refractivity contribution in [2.45, 2.75) is 0 Å². The van der Waals surface area contributed by atoms with Crippen molar-refractivity contribution in [2.75, 3.05) is 5.73 Å². The second-order valence-corrected chi connectivity index (χ2v) is 2.80. The van der Waals surface area contributed by atoms with Crippen LogP contribution in [0.25, 0.3) is 11.1 Å². The summed E-state index contributed by atoms with van der Waals surface area (Å²) in [4.78, 5) is 7.60. The van der Waals surface area contributed by atoms with E-state index in [1.807, 2.05) is 0 Å². The largest absolute Gasteiger partial charge is 0.383 e. The van der Waals surface area contributed by atoms with E-state index in [4.69, 9.17) is 5.73 Å². The molecule has 2 N–H and O–H groups in total. The summed E-state index contributed by atoms with van der Waals surface area (Å²) in [7, 11) is 0. The number of rotatable bonds is 1. The number of aromatic nitrogens is 2. The molecule has 4 heteroatoms. The first-order valence-corrected chi connectivity index (χ1v) is 4.09. The van der Waals surface area contributed by atoms with E-state index < -0.39 is 0 Å². The summed E-state index contributed by atoms with van der Waals surface area (Å²) in [5.74, 6) is -0.0425. The molecule has 0 amide bonds. The average molecular weight is 189 g/mol. The predicted octanol–water partition coefficient (Wildman–Crippen LogP) is 1.86. The van der Waals surface area contributed by atoms with Crippen LogP contribution in [0, 0.1) is 5.82 Å². The zero-order valence-corrected chi connectivity index (χ0v) is 7.31. The Labute approximate surface area is 80.4 Å². The minimum absolute atomic E-state index is 0.283. The number of nitrogens with two attached hydrogens (primary N) is 1. The topological polar surface area (TPSA) is 51.8 Å². The fourth-order valence-electron chi connectivity index (χ4n) is 1.23. The molecule has 0 aliphatic heterocycles. The highest BCUT2D eigenvalue weighted by atomic mass is 19.1. The Kier molecular flexibility index (Phi) is 2.10. The minimum Gasteiger partial charge on any atom is -0.383 e. The number of halogens is 1. The number of hydrogen-bond acceptors (Lipinski definition) is 3. The van der Waals surface area contributed by atoms with Gasteiger partial charge in [-0.2, -0.15) is 0 Å². The smallest absolute Gasteiger partial charge is 0.134 e. The zero-order chi connectivity index (χ0) is 9.97. The van der Waals surface area contributed by atoms with Crippen LogP contribution in [-0.2, 0) is 0 Å². The highest BCUT2D eigenvalue weighted by Gasteiger charge is 2.07. The quantitative estimate of drug-likeness (QED) is 0.744. The van der Waals surface area contributed by atoms with Gasteiger partial charge in [0.25, 0.3) is 0 Å². The first-order valence-electron chi connectivity index (χ1n) is 4.09. The Hall–Kier alpha value is -1.97. The van der Waals surface area contributed by atoms with Gasteiger partial charge < -0.3 is 5.73 Å². The molecule has 0 aliphatic rings. The van der Waals surface area contributed by atoms with Gasteiger partial charge in [-0.3, -0.25) is 0 Å². The SMILES string of the molecule is Nc1ncncc1-c1ccccc1F. The number of nitrogens with zero attached hydrogens (tertiary/aromatic N) is 2. The molecule has 0 aliphatic carbocycles. The normalized spacial score (nSPS) is 10.1. The molecule has 0 bridgehead atoms. The molecule has 1 heterocycles. The van der Waals surface area contributed by atoms with Crippen LogP contribution < -0.4 is 5.73 Å². The van der Waals surface area contributed by atoms with Crippen LogP contribution in [0.3, 0.4) is 0 Å². The fourth-order valence-corrected chi connectivity index (χ4v) is 1.23. The number of hydrogen-bond donors (Lipinski definition) is 1. The summed E-state index contributed by atoms with van der Waals surface area (Å²) in [6, 6.07) is 6.38. The molecule has 2 aromatic rings. The molecule has 2 rings (SSSR count). The summed E-state index contributed by atoms with van der Waals surface area (Å²) >= 11 is 0. The maximum atomic E-state index is 13.3. The van der Waals surface area contributed by atoms with Crippen LogP contribution in [0.15, 0.2) is 36.8 Å². The first-order chi connectivity index (χ1) is 6.79. The van der Waals surface area contributed by atoms with Gasteiger partial charge in [0.2, 0.25) is 0 Å². The van der Waals surface area contributed by atoms with E-state index in [0.29, 0.717) is 11.1 Å². The van der Waals surface area contributed by atoms with E-state index in [2.05, 4.69) is 9.97 Å². The second kappa shape index (κ2) is 3.41. The molecule has 14 heavy (non-hydrogen) atoms. The lowest BCUT2D eigenvalue weighted by molar-refractivity contribution is 0.631. The minimum atomic E-state index is -0.325. The zero-order valence-electron chi connectivity index (χ0n) is 7.31. The Balaban J connectivity index is 2.61. The van der Waals surface area contributed by atoms with Gasteiger partial charge in [-0.15, -0.1) is 0 Å². The fraction of sp³-hybridized carbons (Fsp3) is 0. The van der Waals surface area contributed by atoms with Crippen LogP contribution in [0.2, 0.25) is 0 Å². The molecule has 1 aromatic carbocycles. The van der Waals surface area contributed by atoms with E-state index in [9.17, 15) is 4.39 Å². The predicted molar refractivity (Wildman–Crippen MR) is 51.8 cm³/mol. The molecule has 0 radical (unpaired) electrons. The molecule has 0 saturated carbocycles. The standard InChI is InChI=1S/C10H8FN3/c11-9-4-2-1-3-7(9)8-5-13-6-14-10(8)12/h1-6H,(H2,12,13,14). The van der Waals surface area contributed by atoms with Gasteiger partial charge >= 0.3 is 0 Å². The molecule has 1 aromatic heterocycles. The summed E-state index contributed by atoms with van der Waals surface area (Å²) in [5, 5.41) is 0. The molecule has 0 fully saturated rings. The molecule has 0 atom stereocenters. The summed E-state index contributed by atoms with van der Waals surface area (Å²) < 4.78 is 13.3. The number of benzene rings is 1. The molecule has 0 unspecified atom stereocenters. The lowest BCUT2D eigenvalue weighted by atomic mass is 10.1. The van der Waals surface area contributed by atoms with Crippen molar-refractivity contribution in [3.63, 3.8) is 0 Å². The maximum absolute atomic E-state index is 13.3. The maximum Gasteiger partial charge on any atom is 0.134 e. The van der Waals surface area contributed by atoms with Gasteiger partial charge in [-0.05, 0) is 6.07 Å². The van der Waals surface area contributed by atoms with E-state index in [1.54, 1.807) is 18.2 Å². The third kappa shape index (κ3) is 1.42. The Bertz CT molecular complexity index is 413. The molecule has 70 valence electrons. The van der Waals surface area contributed by atoms with Crippen LogP contribution in [0.4, 0.5) is 10.2 Å². The molecular weight excluding hydrogens is 181 g/mol. The van der Waals surface area contributed by atoms with Crippen molar-refractivity contribution in [3.8, 4) is 11.1 Å². The lowest BCUT2D eigenvalue weighted by Gasteiger charge is -2.04. The summed E-state index contributed by atoms with van der Waals surface area (Å²) in [6.07, 6.45) is 2.83. The summed E-state index contributed by atoms with van der Waals surface area (Å²) in [6.45, 7) is 0. The van der Waals surface area contributed by atoms with Crippen LogP contribution in [0.5, 0.6) is 0 Å². The highest BCUT2D eigenvalue weighted by molar-refractivity contribution is 5.72. The van der Waals surface area contributed by atoms with Gasteiger partial charge in [0.1, 0.15) is 18.0 Å². The number of nitrogen functional groups attached to an aromatic ring is 1. The molecular formula is C10H8FN3. The van der Waals surface area contributed by atoms with Crippen molar-refractivity contribution < 1.29 is 4.39 Å².